The fourth-order valence-electron chi connectivity index (χ4n) is 1.79. The van der Waals surface area contributed by atoms with Gasteiger partial charge in [-0.3, -0.25) is 4.79 Å². The molecule has 1 unspecified atom stereocenters. The summed E-state index contributed by atoms with van der Waals surface area (Å²) in [5, 5.41) is 0. The van der Waals surface area contributed by atoms with Gasteiger partial charge in [0.15, 0.2) is 0 Å². The predicted molar refractivity (Wildman–Crippen MR) is 57.4 cm³/mol. The van der Waals surface area contributed by atoms with E-state index < -0.39 is 5.41 Å². The van der Waals surface area contributed by atoms with Crippen LogP contribution in [0.25, 0.3) is 0 Å². The molecule has 1 saturated heterocycles. The molecule has 0 bridgehead atoms. The molecule has 15 heavy (non-hydrogen) atoms. The van der Waals surface area contributed by atoms with E-state index in [4.69, 9.17) is 15.2 Å². The van der Waals surface area contributed by atoms with Gasteiger partial charge in [-0.25, -0.2) is 0 Å². The first kappa shape index (κ1) is 12.5. The zero-order valence-electron chi connectivity index (χ0n) is 9.62. The Hall–Kier alpha value is -0.610. The van der Waals surface area contributed by atoms with Crippen LogP contribution in [0.3, 0.4) is 0 Å². The number of hydrogen-bond acceptors (Lipinski definition) is 4. The smallest absolute Gasteiger partial charge is 0.313 e. The van der Waals surface area contributed by atoms with Crippen LogP contribution >= 0.6 is 0 Å². The zero-order chi connectivity index (χ0) is 11.3. The van der Waals surface area contributed by atoms with E-state index in [1.54, 1.807) is 0 Å². The van der Waals surface area contributed by atoms with E-state index in [0.29, 0.717) is 19.8 Å². The van der Waals surface area contributed by atoms with E-state index in [1.807, 2.05) is 13.8 Å². The summed E-state index contributed by atoms with van der Waals surface area (Å²) in [7, 11) is 0. The Kier molecular flexibility index (Phi) is 4.54. The van der Waals surface area contributed by atoms with Crippen molar-refractivity contribution >= 4 is 5.97 Å². The van der Waals surface area contributed by atoms with E-state index in [1.165, 1.54) is 0 Å². The second-order valence-electron chi connectivity index (χ2n) is 4.08. The molecule has 1 aliphatic heterocycles. The molecular weight excluding hydrogens is 194 g/mol. The highest BCUT2D eigenvalue weighted by atomic mass is 16.6. The molecule has 4 heteroatoms. The summed E-state index contributed by atoms with van der Waals surface area (Å²) in [5.41, 5.74) is 5.17. The highest BCUT2D eigenvalue weighted by Crippen LogP contribution is 2.28. The summed E-state index contributed by atoms with van der Waals surface area (Å²) >= 11 is 0. The van der Waals surface area contributed by atoms with Gasteiger partial charge in [0.1, 0.15) is 6.10 Å². The standard InChI is InChI=1S/C11H21NO3/c1-3-11(4-2,8-12)10(13)15-9-5-6-14-7-9/h9H,3-8,12H2,1-2H3. The molecule has 1 heterocycles. The monoisotopic (exact) mass is 215 g/mol. The zero-order valence-corrected chi connectivity index (χ0v) is 9.62. The summed E-state index contributed by atoms with van der Waals surface area (Å²) in [6.07, 6.45) is 2.19. The van der Waals surface area contributed by atoms with Crippen molar-refractivity contribution in [3.05, 3.63) is 0 Å². The third-order valence-corrected chi connectivity index (χ3v) is 3.34. The SMILES string of the molecule is CCC(CC)(CN)C(=O)OC1CCOC1. The van der Waals surface area contributed by atoms with E-state index in [2.05, 4.69) is 0 Å². The summed E-state index contributed by atoms with van der Waals surface area (Å²) in [6, 6.07) is 0. The number of carbonyl (C=O) groups is 1. The summed E-state index contributed by atoms with van der Waals surface area (Å²) < 4.78 is 10.6. The third-order valence-electron chi connectivity index (χ3n) is 3.34. The van der Waals surface area contributed by atoms with Gasteiger partial charge in [-0.2, -0.15) is 0 Å². The van der Waals surface area contributed by atoms with Crippen LogP contribution in [0.4, 0.5) is 0 Å². The van der Waals surface area contributed by atoms with Crippen molar-refractivity contribution in [1.82, 2.24) is 0 Å². The van der Waals surface area contributed by atoms with Crippen LogP contribution in [0.2, 0.25) is 0 Å². The lowest BCUT2D eigenvalue weighted by Crippen LogP contribution is -2.40. The molecule has 0 spiro atoms. The Bertz CT molecular complexity index is 200. The van der Waals surface area contributed by atoms with Gasteiger partial charge in [0.05, 0.1) is 18.6 Å². The number of rotatable bonds is 5. The number of nitrogens with two attached hydrogens (primary N) is 1. The molecule has 0 aromatic carbocycles. The summed E-state index contributed by atoms with van der Waals surface area (Å²) in [6.45, 7) is 5.52. The van der Waals surface area contributed by atoms with Crippen LogP contribution in [-0.4, -0.2) is 31.8 Å². The molecular formula is C11H21NO3. The molecule has 1 atom stereocenters. The minimum atomic E-state index is -0.497. The van der Waals surface area contributed by atoms with E-state index in [0.717, 1.165) is 19.3 Å². The van der Waals surface area contributed by atoms with E-state index in [9.17, 15) is 4.79 Å². The fourth-order valence-corrected chi connectivity index (χ4v) is 1.79. The molecule has 0 saturated carbocycles. The van der Waals surface area contributed by atoms with Gasteiger partial charge in [-0.15, -0.1) is 0 Å². The Labute approximate surface area is 91.1 Å². The number of carbonyl (C=O) groups excluding carboxylic acids is 1. The Morgan fingerprint density at radius 2 is 2.20 bits per heavy atom. The molecule has 1 aliphatic rings. The lowest BCUT2D eigenvalue weighted by molar-refractivity contribution is -0.161. The summed E-state index contributed by atoms with van der Waals surface area (Å²) in [5.74, 6) is -0.162. The average Bonchev–Trinajstić information content (AvgIpc) is 2.74. The molecule has 1 rings (SSSR count). The van der Waals surface area contributed by atoms with Gasteiger partial charge in [-0.1, -0.05) is 13.8 Å². The lowest BCUT2D eigenvalue weighted by Gasteiger charge is -2.28. The van der Waals surface area contributed by atoms with Crippen molar-refractivity contribution in [3.63, 3.8) is 0 Å². The molecule has 0 aromatic heterocycles. The molecule has 0 aromatic rings. The third kappa shape index (κ3) is 2.69. The van der Waals surface area contributed by atoms with E-state index in [-0.39, 0.29) is 12.1 Å². The van der Waals surface area contributed by atoms with Crippen molar-refractivity contribution in [2.45, 2.75) is 39.2 Å². The number of ether oxygens (including phenoxy) is 2. The second kappa shape index (κ2) is 5.47. The normalized spacial score (nSPS) is 21.7. The minimum Gasteiger partial charge on any atom is -0.459 e. The van der Waals surface area contributed by atoms with Gasteiger partial charge in [0, 0.05) is 13.0 Å². The van der Waals surface area contributed by atoms with Crippen molar-refractivity contribution < 1.29 is 14.3 Å². The van der Waals surface area contributed by atoms with Gasteiger partial charge in [0.2, 0.25) is 0 Å². The van der Waals surface area contributed by atoms with Gasteiger partial charge >= 0.3 is 5.97 Å². The van der Waals surface area contributed by atoms with Crippen LogP contribution < -0.4 is 5.73 Å². The van der Waals surface area contributed by atoms with Crippen LogP contribution in [0, 0.1) is 5.41 Å². The molecule has 0 amide bonds. The summed E-state index contributed by atoms with van der Waals surface area (Å²) in [4.78, 5) is 12.0. The molecule has 2 N–H and O–H groups in total. The molecule has 0 radical (unpaired) electrons. The number of hydrogen-bond donors (Lipinski definition) is 1. The van der Waals surface area contributed by atoms with Gasteiger partial charge < -0.3 is 15.2 Å². The first-order valence-corrected chi connectivity index (χ1v) is 5.67. The Balaban J connectivity index is 2.55. The number of esters is 1. The Morgan fingerprint density at radius 1 is 1.53 bits per heavy atom. The van der Waals surface area contributed by atoms with Crippen molar-refractivity contribution in [2.75, 3.05) is 19.8 Å². The highest BCUT2D eigenvalue weighted by molar-refractivity contribution is 5.77. The lowest BCUT2D eigenvalue weighted by atomic mass is 9.82. The van der Waals surface area contributed by atoms with Gasteiger partial charge in [0.25, 0.3) is 0 Å². The first-order valence-electron chi connectivity index (χ1n) is 5.67. The Morgan fingerprint density at radius 3 is 2.60 bits per heavy atom. The maximum atomic E-state index is 12.0. The van der Waals surface area contributed by atoms with Crippen LogP contribution in [0.1, 0.15) is 33.1 Å². The van der Waals surface area contributed by atoms with Crippen molar-refractivity contribution in [1.29, 1.82) is 0 Å². The maximum Gasteiger partial charge on any atom is 0.313 e. The molecule has 4 nitrogen and oxygen atoms in total. The highest BCUT2D eigenvalue weighted by Gasteiger charge is 2.37. The fraction of sp³-hybridized carbons (Fsp3) is 0.909. The minimum absolute atomic E-state index is 0.0680. The van der Waals surface area contributed by atoms with Gasteiger partial charge in [-0.05, 0) is 12.8 Å². The molecule has 88 valence electrons. The second-order valence-corrected chi connectivity index (χ2v) is 4.08. The average molecular weight is 215 g/mol. The molecule has 1 fully saturated rings. The first-order chi connectivity index (χ1) is 7.18. The topological polar surface area (TPSA) is 61.6 Å². The van der Waals surface area contributed by atoms with Crippen molar-refractivity contribution in [2.24, 2.45) is 11.1 Å². The van der Waals surface area contributed by atoms with E-state index >= 15 is 0 Å². The van der Waals surface area contributed by atoms with Crippen LogP contribution in [0.15, 0.2) is 0 Å². The quantitative estimate of drug-likeness (QED) is 0.697. The van der Waals surface area contributed by atoms with Crippen molar-refractivity contribution in [3.8, 4) is 0 Å². The maximum absolute atomic E-state index is 12.0. The molecule has 0 aliphatic carbocycles. The van der Waals surface area contributed by atoms with Crippen LogP contribution in [-0.2, 0) is 14.3 Å². The predicted octanol–water partition coefficient (Wildman–Crippen LogP) is 1.08. The largest absolute Gasteiger partial charge is 0.459 e. The van der Waals surface area contributed by atoms with Crippen LogP contribution in [0.5, 0.6) is 0 Å².